The molecule has 3 aromatic carbocycles. The zero-order valence-electron chi connectivity index (χ0n) is 19.6. The Hall–Kier alpha value is -4.06. The van der Waals surface area contributed by atoms with Crippen LogP contribution in [0.25, 0.3) is 22.0 Å². The Bertz CT molecular complexity index is 1270. The molecular formula is C28H29N3O3. The number of fused-ring (bicyclic) bond motifs is 1. The molecule has 1 atom stereocenters. The highest BCUT2D eigenvalue weighted by Crippen LogP contribution is 2.22. The van der Waals surface area contributed by atoms with Crippen molar-refractivity contribution in [1.29, 1.82) is 0 Å². The van der Waals surface area contributed by atoms with Crippen molar-refractivity contribution in [3.05, 3.63) is 90.6 Å². The second-order valence-corrected chi connectivity index (χ2v) is 9.20. The number of carbonyl (C=O) groups excluding carboxylic acids is 2. The van der Waals surface area contributed by atoms with Crippen molar-refractivity contribution in [2.24, 2.45) is 0 Å². The number of aromatic nitrogens is 1. The summed E-state index contributed by atoms with van der Waals surface area (Å²) in [6.45, 7) is 5.36. The van der Waals surface area contributed by atoms with Crippen molar-refractivity contribution < 1.29 is 14.3 Å². The third-order valence-electron chi connectivity index (χ3n) is 5.37. The van der Waals surface area contributed by atoms with Crippen LogP contribution in [0.4, 0.5) is 10.5 Å². The van der Waals surface area contributed by atoms with Gasteiger partial charge in [-0.15, -0.1) is 0 Å². The van der Waals surface area contributed by atoms with E-state index in [-0.39, 0.29) is 5.91 Å². The molecule has 0 aliphatic heterocycles. The van der Waals surface area contributed by atoms with Crippen molar-refractivity contribution >= 4 is 28.6 Å². The van der Waals surface area contributed by atoms with Crippen LogP contribution >= 0.6 is 0 Å². The summed E-state index contributed by atoms with van der Waals surface area (Å²) >= 11 is 0. The third kappa shape index (κ3) is 5.84. The fourth-order valence-electron chi connectivity index (χ4n) is 3.79. The standard InChI is InChI=1S/C28H29N3O3/c1-28(2,3)34-27(33)31-25(17-21-18-29-24-12-8-7-11-23(21)24)26(32)30-22-15-13-20(14-16-22)19-9-5-4-6-10-19/h4-16,18,25,29H,17H2,1-3H3,(H,30,32)(H,31,33)/t25-/m0/s1. The largest absolute Gasteiger partial charge is 0.444 e. The third-order valence-corrected chi connectivity index (χ3v) is 5.37. The van der Waals surface area contributed by atoms with Crippen LogP contribution < -0.4 is 10.6 Å². The summed E-state index contributed by atoms with van der Waals surface area (Å²) in [5.41, 5.74) is 4.06. The van der Waals surface area contributed by atoms with E-state index < -0.39 is 17.7 Å². The summed E-state index contributed by atoms with van der Waals surface area (Å²) in [5.74, 6) is -0.316. The van der Waals surface area contributed by atoms with E-state index in [9.17, 15) is 9.59 Å². The topological polar surface area (TPSA) is 83.2 Å². The maximum Gasteiger partial charge on any atom is 0.408 e. The number of nitrogens with one attached hydrogen (secondary N) is 3. The molecule has 0 radical (unpaired) electrons. The molecule has 3 N–H and O–H groups in total. The molecule has 1 aromatic heterocycles. The van der Waals surface area contributed by atoms with E-state index in [1.165, 1.54) is 0 Å². The van der Waals surface area contributed by atoms with Gasteiger partial charge in [-0.05, 0) is 55.7 Å². The van der Waals surface area contributed by atoms with E-state index in [1.54, 1.807) is 20.8 Å². The van der Waals surface area contributed by atoms with E-state index in [4.69, 9.17) is 4.74 Å². The molecule has 0 aliphatic rings. The van der Waals surface area contributed by atoms with Gasteiger partial charge in [-0.25, -0.2) is 4.79 Å². The number of aromatic amines is 1. The van der Waals surface area contributed by atoms with Crippen LogP contribution in [-0.4, -0.2) is 28.6 Å². The van der Waals surface area contributed by atoms with Gasteiger partial charge in [-0.3, -0.25) is 4.79 Å². The van der Waals surface area contributed by atoms with Crippen LogP contribution in [0, 0.1) is 0 Å². The Morgan fingerprint density at radius 2 is 1.53 bits per heavy atom. The van der Waals surface area contributed by atoms with Gasteiger partial charge < -0.3 is 20.4 Å². The number of carbonyl (C=O) groups is 2. The zero-order valence-corrected chi connectivity index (χ0v) is 19.6. The first-order valence-corrected chi connectivity index (χ1v) is 11.3. The van der Waals surface area contributed by atoms with Crippen molar-refractivity contribution in [3.8, 4) is 11.1 Å². The summed E-state index contributed by atoms with van der Waals surface area (Å²) in [6, 6.07) is 24.7. The van der Waals surface area contributed by atoms with Crippen LogP contribution in [0.1, 0.15) is 26.3 Å². The van der Waals surface area contributed by atoms with Gasteiger partial charge in [0.15, 0.2) is 0 Å². The Balaban J connectivity index is 1.52. The van der Waals surface area contributed by atoms with Gasteiger partial charge in [0.25, 0.3) is 0 Å². The lowest BCUT2D eigenvalue weighted by Gasteiger charge is -2.23. The van der Waals surface area contributed by atoms with Gasteiger partial charge in [-0.1, -0.05) is 60.7 Å². The maximum absolute atomic E-state index is 13.2. The second-order valence-electron chi connectivity index (χ2n) is 9.20. The number of para-hydroxylation sites is 1. The molecule has 2 amide bonds. The van der Waals surface area contributed by atoms with Gasteiger partial charge in [0.05, 0.1) is 0 Å². The van der Waals surface area contributed by atoms with E-state index in [0.717, 1.165) is 27.6 Å². The Labute approximate surface area is 199 Å². The Kier molecular flexibility index (Phi) is 6.68. The molecule has 34 heavy (non-hydrogen) atoms. The molecule has 6 heteroatoms. The minimum Gasteiger partial charge on any atom is -0.444 e. The number of benzene rings is 3. The lowest BCUT2D eigenvalue weighted by atomic mass is 10.0. The molecule has 0 saturated heterocycles. The van der Waals surface area contributed by atoms with Crippen LogP contribution in [0.15, 0.2) is 85.1 Å². The smallest absolute Gasteiger partial charge is 0.408 e. The minimum absolute atomic E-state index is 0.316. The molecule has 0 aliphatic carbocycles. The molecule has 0 bridgehead atoms. The van der Waals surface area contributed by atoms with Gasteiger partial charge >= 0.3 is 6.09 Å². The number of amides is 2. The molecule has 0 saturated carbocycles. The zero-order chi connectivity index (χ0) is 24.1. The number of alkyl carbamates (subject to hydrolysis) is 1. The second kappa shape index (κ2) is 9.83. The quantitative estimate of drug-likeness (QED) is 0.338. The molecule has 6 nitrogen and oxygen atoms in total. The van der Waals surface area contributed by atoms with Crippen molar-refractivity contribution in [2.75, 3.05) is 5.32 Å². The molecular weight excluding hydrogens is 426 g/mol. The normalized spacial score (nSPS) is 12.2. The van der Waals surface area contributed by atoms with Crippen LogP contribution in [0.5, 0.6) is 0 Å². The van der Waals surface area contributed by atoms with Crippen LogP contribution in [0.2, 0.25) is 0 Å². The molecule has 0 spiro atoms. The highest BCUT2D eigenvalue weighted by Gasteiger charge is 2.25. The molecule has 0 unspecified atom stereocenters. The minimum atomic E-state index is -0.817. The van der Waals surface area contributed by atoms with E-state index in [0.29, 0.717) is 12.1 Å². The van der Waals surface area contributed by atoms with Gasteiger partial charge in [0.2, 0.25) is 5.91 Å². The molecule has 4 aromatic rings. The summed E-state index contributed by atoms with van der Waals surface area (Å²) < 4.78 is 5.40. The number of hydrogen-bond donors (Lipinski definition) is 3. The van der Waals surface area contributed by atoms with E-state index in [1.807, 2.05) is 85.1 Å². The average Bonchev–Trinajstić information content (AvgIpc) is 3.21. The summed E-state index contributed by atoms with van der Waals surface area (Å²) in [6.07, 6.45) is 1.56. The highest BCUT2D eigenvalue weighted by atomic mass is 16.6. The summed E-state index contributed by atoms with van der Waals surface area (Å²) in [5, 5.41) is 6.69. The Morgan fingerprint density at radius 1 is 0.882 bits per heavy atom. The first-order chi connectivity index (χ1) is 16.3. The first kappa shape index (κ1) is 23.1. The maximum atomic E-state index is 13.2. The average molecular weight is 456 g/mol. The van der Waals surface area contributed by atoms with E-state index in [2.05, 4.69) is 15.6 Å². The molecule has 0 fully saturated rings. The van der Waals surface area contributed by atoms with Gasteiger partial charge in [-0.2, -0.15) is 0 Å². The fourth-order valence-corrected chi connectivity index (χ4v) is 3.79. The lowest BCUT2D eigenvalue weighted by molar-refractivity contribution is -0.118. The summed E-state index contributed by atoms with van der Waals surface area (Å²) in [4.78, 5) is 29.0. The van der Waals surface area contributed by atoms with Crippen LogP contribution in [-0.2, 0) is 16.0 Å². The monoisotopic (exact) mass is 455 g/mol. The number of H-pyrrole nitrogens is 1. The highest BCUT2D eigenvalue weighted by molar-refractivity contribution is 5.97. The lowest BCUT2D eigenvalue weighted by Crippen LogP contribution is -2.47. The van der Waals surface area contributed by atoms with Crippen molar-refractivity contribution in [2.45, 2.75) is 38.8 Å². The molecule has 1 heterocycles. The molecule has 174 valence electrons. The predicted molar refractivity (Wildman–Crippen MR) is 136 cm³/mol. The Morgan fingerprint density at radius 3 is 2.24 bits per heavy atom. The number of ether oxygens (including phenoxy) is 1. The van der Waals surface area contributed by atoms with Crippen molar-refractivity contribution in [1.82, 2.24) is 10.3 Å². The predicted octanol–water partition coefficient (Wildman–Crippen LogP) is 5.91. The van der Waals surface area contributed by atoms with Gasteiger partial charge in [0, 0.05) is 29.2 Å². The first-order valence-electron chi connectivity index (χ1n) is 11.3. The van der Waals surface area contributed by atoms with E-state index >= 15 is 0 Å². The van der Waals surface area contributed by atoms with Gasteiger partial charge in [0.1, 0.15) is 11.6 Å². The number of anilines is 1. The summed E-state index contributed by atoms with van der Waals surface area (Å²) in [7, 11) is 0. The number of hydrogen-bond acceptors (Lipinski definition) is 3. The van der Waals surface area contributed by atoms with Crippen LogP contribution in [0.3, 0.4) is 0 Å². The fraction of sp³-hybridized carbons (Fsp3) is 0.214. The SMILES string of the molecule is CC(C)(C)OC(=O)N[C@@H](Cc1c[nH]c2ccccc12)C(=O)Nc1ccc(-c2ccccc2)cc1. The van der Waals surface area contributed by atoms with Crippen molar-refractivity contribution in [3.63, 3.8) is 0 Å². The molecule has 4 rings (SSSR count). The number of rotatable bonds is 6.